The van der Waals surface area contributed by atoms with Crippen molar-refractivity contribution in [2.45, 2.75) is 52.1 Å². The maximum atomic E-state index is 13.0. The largest absolute Gasteiger partial charge is 0.352 e. The van der Waals surface area contributed by atoms with Gasteiger partial charge in [-0.1, -0.05) is 30.7 Å². The van der Waals surface area contributed by atoms with Gasteiger partial charge < -0.3 is 15.5 Å². The molecule has 2 atom stereocenters. The second-order valence-electron chi connectivity index (χ2n) is 8.25. The highest BCUT2D eigenvalue weighted by molar-refractivity contribution is 7.12. The van der Waals surface area contributed by atoms with Crippen molar-refractivity contribution < 1.29 is 14.4 Å². The fourth-order valence-electron chi connectivity index (χ4n) is 3.84. The number of hydrogen-bond acceptors (Lipinski definition) is 4. The van der Waals surface area contributed by atoms with E-state index in [4.69, 9.17) is 0 Å². The summed E-state index contributed by atoms with van der Waals surface area (Å²) in [7, 11) is 0. The van der Waals surface area contributed by atoms with Crippen LogP contribution in [0.4, 0.5) is 0 Å². The molecule has 3 amide bonds. The van der Waals surface area contributed by atoms with Gasteiger partial charge in [0.05, 0.1) is 4.88 Å². The molecule has 1 aliphatic heterocycles. The van der Waals surface area contributed by atoms with E-state index in [1.54, 1.807) is 6.07 Å². The lowest BCUT2D eigenvalue weighted by atomic mass is 9.88. The molecule has 31 heavy (non-hydrogen) atoms. The van der Waals surface area contributed by atoms with Gasteiger partial charge in [-0.2, -0.15) is 0 Å². The van der Waals surface area contributed by atoms with Crippen molar-refractivity contribution in [2.24, 2.45) is 5.92 Å². The summed E-state index contributed by atoms with van der Waals surface area (Å²) in [4.78, 5) is 41.1. The van der Waals surface area contributed by atoms with Gasteiger partial charge in [-0.3, -0.25) is 14.4 Å². The molecule has 1 aromatic carbocycles. The second-order valence-corrected chi connectivity index (χ2v) is 9.19. The summed E-state index contributed by atoms with van der Waals surface area (Å²) < 4.78 is 0. The Kier molecular flexibility index (Phi) is 7.85. The third-order valence-electron chi connectivity index (χ3n) is 5.88. The Morgan fingerprint density at radius 2 is 1.87 bits per heavy atom. The Bertz CT molecular complexity index is 905. The van der Waals surface area contributed by atoms with Crippen LogP contribution in [0.2, 0.25) is 0 Å². The molecule has 2 unspecified atom stereocenters. The minimum Gasteiger partial charge on any atom is -0.352 e. The number of amides is 3. The summed E-state index contributed by atoms with van der Waals surface area (Å²) in [5.41, 5.74) is 1.54. The average Bonchev–Trinajstić information content (AvgIpc) is 3.31. The zero-order valence-corrected chi connectivity index (χ0v) is 19.2. The van der Waals surface area contributed by atoms with E-state index in [9.17, 15) is 14.4 Å². The van der Waals surface area contributed by atoms with Crippen LogP contribution in [-0.4, -0.2) is 47.8 Å². The number of benzene rings is 1. The van der Waals surface area contributed by atoms with Crippen LogP contribution in [-0.2, 0) is 4.79 Å². The van der Waals surface area contributed by atoms with Gasteiger partial charge in [-0.15, -0.1) is 11.3 Å². The first-order valence-corrected chi connectivity index (χ1v) is 11.8. The number of hydrogen-bond donors (Lipinski definition) is 2. The number of carbonyl (C=O) groups excluding carboxylic acids is 3. The first-order chi connectivity index (χ1) is 14.9. The molecule has 7 heteroatoms. The maximum Gasteiger partial charge on any atom is 0.263 e. The van der Waals surface area contributed by atoms with Crippen LogP contribution < -0.4 is 10.6 Å². The van der Waals surface area contributed by atoms with Crippen LogP contribution in [0.15, 0.2) is 41.8 Å². The lowest BCUT2D eigenvalue weighted by Crippen LogP contribution is -2.55. The number of nitrogens with zero attached hydrogens (tertiary/aromatic N) is 1. The first-order valence-electron chi connectivity index (χ1n) is 10.9. The monoisotopic (exact) mass is 441 g/mol. The standard InChI is InChI=1S/C24H31N3O3S/c1-4-17(3)25-23(29)21(26-22(28)19-8-5-7-16(2)15-19)18-10-12-27(13-11-18)24(30)20-9-6-14-31-20/h5-9,14-15,17-18,21H,4,10-13H2,1-3H3,(H,25,29)(H,26,28). The van der Waals surface area contributed by atoms with Crippen molar-refractivity contribution in [3.8, 4) is 0 Å². The van der Waals surface area contributed by atoms with Gasteiger partial charge in [0.1, 0.15) is 6.04 Å². The summed E-state index contributed by atoms with van der Waals surface area (Å²) in [5.74, 6) is -0.383. The van der Waals surface area contributed by atoms with Crippen molar-refractivity contribution >= 4 is 29.1 Å². The van der Waals surface area contributed by atoms with Gasteiger partial charge in [0.15, 0.2) is 0 Å². The summed E-state index contributed by atoms with van der Waals surface area (Å²) in [5, 5.41) is 7.90. The molecular weight excluding hydrogens is 410 g/mol. The zero-order chi connectivity index (χ0) is 22.4. The number of likely N-dealkylation sites (tertiary alicyclic amines) is 1. The van der Waals surface area contributed by atoms with Gasteiger partial charge in [-0.05, 0) is 62.6 Å². The molecule has 0 radical (unpaired) electrons. The lowest BCUT2D eigenvalue weighted by molar-refractivity contribution is -0.125. The summed E-state index contributed by atoms with van der Waals surface area (Å²) in [6, 6.07) is 10.5. The molecule has 3 rings (SSSR count). The maximum absolute atomic E-state index is 13.0. The Balaban J connectivity index is 1.70. The molecule has 1 aliphatic rings. The van der Waals surface area contributed by atoms with Crippen LogP contribution in [0, 0.1) is 12.8 Å². The molecule has 166 valence electrons. The number of rotatable bonds is 7. The van der Waals surface area contributed by atoms with Crippen LogP contribution >= 0.6 is 11.3 Å². The molecule has 2 heterocycles. The van der Waals surface area contributed by atoms with Gasteiger partial charge in [-0.25, -0.2) is 0 Å². The lowest BCUT2D eigenvalue weighted by Gasteiger charge is -2.36. The fourth-order valence-corrected chi connectivity index (χ4v) is 4.53. The van der Waals surface area contributed by atoms with E-state index in [-0.39, 0.29) is 29.7 Å². The molecule has 6 nitrogen and oxygen atoms in total. The number of thiophene rings is 1. The van der Waals surface area contributed by atoms with E-state index < -0.39 is 6.04 Å². The Hall–Kier alpha value is -2.67. The molecule has 0 spiro atoms. The predicted molar refractivity (Wildman–Crippen MR) is 123 cm³/mol. The Morgan fingerprint density at radius 3 is 2.48 bits per heavy atom. The van der Waals surface area contributed by atoms with E-state index in [0.717, 1.165) is 16.9 Å². The molecule has 0 aliphatic carbocycles. The SMILES string of the molecule is CCC(C)NC(=O)C(NC(=O)c1cccc(C)c1)C1CCN(C(=O)c2cccs2)CC1. The summed E-state index contributed by atoms with van der Waals surface area (Å²) >= 11 is 1.44. The van der Waals surface area contributed by atoms with E-state index in [2.05, 4.69) is 10.6 Å². The highest BCUT2D eigenvalue weighted by atomic mass is 32.1. The Morgan fingerprint density at radius 1 is 1.13 bits per heavy atom. The van der Waals surface area contributed by atoms with E-state index >= 15 is 0 Å². The van der Waals surface area contributed by atoms with Gasteiger partial charge in [0.2, 0.25) is 5.91 Å². The smallest absolute Gasteiger partial charge is 0.263 e. The number of nitrogens with one attached hydrogen (secondary N) is 2. The van der Waals surface area contributed by atoms with Crippen LogP contribution in [0.25, 0.3) is 0 Å². The van der Waals surface area contributed by atoms with Crippen LogP contribution in [0.1, 0.15) is 58.7 Å². The number of piperidine rings is 1. The highest BCUT2D eigenvalue weighted by Crippen LogP contribution is 2.24. The summed E-state index contributed by atoms with van der Waals surface area (Å²) in [6.45, 7) is 7.06. The van der Waals surface area contributed by atoms with E-state index in [1.165, 1.54) is 11.3 Å². The van der Waals surface area contributed by atoms with Crippen LogP contribution in [0.5, 0.6) is 0 Å². The fraction of sp³-hybridized carbons (Fsp3) is 0.458. The number of carbonyl (C=O) groups is 3. The topological polar surface area (TPSA) is 78.5 Å². The van der Waals surface area contributed by atoms with Crippen molar-refractivity contribution in [1.29, 1.82) is 0 Å². The Labute approximate surface area is 188 Å². The number of aryl methyl sites for hydroxylation is 1. The molecule has 2 N–H and O–H groups in total. The minimum atomic E-state index is -0.624. The summed E-state index contributed by atoms with van der Waals surface area (Å²) in [6.07, 6.45) is 2.16. The molecule has 0 saturated carbocycles. The molecule has 1 fully saturated rings. The zero-order valence-electron chi connectivity index (χ0n) is 18.4. The first kappa shape index (κ1) is 23.0. The third kappa shape index (κ3) is 5.94. The van der Waals surface area contributed by atoms with Gasteiger partial charge in [0, 0.05) is 24.7 Å². The van der Waals surface area contributed by atoms with E-state index in [1.807, 2.05) is 61.4 Å². The van der Waals surface area contributed by atoms with E-state index in [0.29, 0.717) is 31.5 Å². The molecular formula is C24H31N3O3S. The van der Waals surface area contributed by atoms with Crippen molar-refractivity contribution in [2.75, 3.05) is 13.1 Å². The van der Waals surface area contributed by atoms with Crippen molar-refractivity contribution in [1.82, 2.24) is 15.5 Å². The second kappa shape index (κ2) is 10.6. The normalized spacial score (nSPS) is 16.4. The third-order valence-corrected chi connectivity index (χ3v) is 6.74. The highest BCUT2D eigenvalue weighted by Gasteiger charge is 2.34. The van der Waals surface area contributed by atoms with Gasteiger partial charge in [0.25, 0.3) is 11.8 Å². The minimum absolute atomic E-state index is 0.0230. The van der Waals surface area contributed by atoms with Crippen molar-refractivity contribution in [3.05, 3.63) is 57.8 Å². The van der Waals surface area contributed by atoms with Crippen molar-refractivity contribution in [3.63, 3.8) is 0 Å². The molecule has 2 aromatic rings. The molecule has 1 saturated heterocycles. The van der Waals surface area contributed by atoms with Crippen LogP contribution in [0.3, 0.4) is 0 Å². The predicted octanol–water partition coefficient (Wildman–Crippen LogP) is 3.62. The average molecular weight is 442 g/mol. The molecule has 0 bridgehead atoms. The molecule has 1 aromatic heterocycles. The quantitative estimate of drug-likeness (QED) is 0.689. The van der Waals surface area contributed by atoms with Gasteiger partial charge >= 0.3 is 0 Å².